The number of fused-ring (bicyclic) bond motifs is 1. The summed E-state index contributed by atoms with van der Waals surface area (Å²) in [5.41, 5.74) is 5.82. The average molecular weight is 365 g/mol. The Labute approximate surface area is 165 Å². The Morgan fingerprint density at radius 2 is 2.00 bits per heavy atom. The second kappa shape index (κ2) is 7.86. The Morgan fingerprint density at radius 3 is 2.79 bits per heavy atom. The summed E-state index contributed by atoms with van der Waals surface area (Å²) in [5, 5.41) is 9.05. The number of hydrogen-bond acceptors (Lipinski definition) is 3. The molecule has 136 valence electrons. The molecule has 2 aliphatic rings. The Morgan fingerprint density at radius 1 is 1.14 bits per heavy atom. The van der Waals surface area contributed by atoms with E-state index in [4.69, 9.17) is 16.6 Å². The van der Waals surface area contributed by atoms with Crippen molar-refractivity contribution in [2.75, 3.05) is 18.1 Å². The number of ether oxygens (including phenoxy) is 1. The standard InChI is InChI=1S/C24H19N3O/c1-26-23(17-25)19-12-14-28-22(16-19)9-7-18-8-10-24-20(15-18)11-13-27(24)21-5-3-2-4-6-21/h2-10,15-16H,11-14H2. The molecule has 2 aromatic rings. The van der Waals surface area contributed by atoms with Gasteiger partial charge in [0.05, 0.1) is 19.2 Å². The zero-order valence-corrected chi connectivity index (χ0v) is 15.4. The first-order chi connectivity index (χ1) is 13.8. The van der Waals surface area contributed by atoms with E-state index in [9.17, 15) is 0 Å². The van der Waals surface area contributed by atoms with E-state index in [0.717, 1.165) is 24.1 Å². The van der Waals surface area contributed by atoms with E-state index < -0.39 is 0 Å². The summed E-state index contributed by atoms with van der Waals surface area (Å²) in [5.74, 6) is 0.684. The predicted octanol–water partition coefficient (Wildman–Crippen LogP) is 5.40. The van der Waals surface area contributed by atoms with E-state index in [1.807, 2.05) is 24.3 Å². The van der Waals surface area contributed by atoms with E-state index in [0.29, 0.717) is 18.8 Å². The summed E-state index contributed by atoms with van der Waals surface area (Å²) in [6.07, 6.45) is 7.33. The lowest BCUT2D eigenvalue weighted by atomic mass is 10.1. The normalized spacial score (nSPS) is 17.4. The number of nitriles is 1. The lowest BCUT2D eigenvalue weighted by Gasteiger charge is -2.19. The predicted molar refractivity (Wildman–Crippen MR) is 111 cm³/mol. The van der Waals surface area contributed by atoms with Gasteiger partial charge in [-0.05, 0) is 66.0 Å². The van der Waals surface area contributed by atoms with Crippen LogP contribution in [0.25, 0.3) is 10.9 Å². The molecule has 0 N–H and O–H groups in total. The van der Waals surface area contributed by atoms with Gasteiger partial charge in [0.1, 0.15) is 5.76 Å². The third-order valence-electron chi connectivity index (χ3n) is 4.99. The van der Waals surface area contributed by atoms with Crippen molar-refractivity contribution in [3.05, 3.63) is 100 Å². The average Bonchev–Trinajstić information content (AvgIpc) is 3.17. The van der Waals surface area contributed by atoms with Gasteiger partial charge in [0.25, 0.3) is 5.70 Å². The van der Waals surface area contributed by atoms with Crippen molar-refractivity contribution in [2.24, 2.45) is 0 Å². The van der Waals surface area contributed by atoms with Crippen molar-refractivity contribution in [2.45, 2.75) is 12.8 Å². The van der Waals surface area contributed by atoms with Gasteiger partial charge < -0.3 is 9.64 Å². The summed E-state index contributed by atoms with van der Waals surface area (Å²) in [6, 6.07) is 18.9. The number of nitrogens with zero attached hydrogens (tertiary/aromatic N) is 3. The molecule has 4 heteroatoms. The van der Waals surface area contributed by atoms with E-state index in [2.05, 4.69) is 52.2 Å². The minimum absolute atomic E-state index is 0.146. The van der Waals surface area contributed by atoms with Crippen LogP contribution in [-0.2, 0) is 11.2 Å². The van der Waals surface area contributed by atoms with Crippen LogP contribution >= 0.6 is 0 Å². The number of benzene rings is 2. The highest BCUT2D eigenvalue weighted by molar-refractivity contribution is 5.72. The maximum absolute atomic E-state index is 9.05. The second-order valence-corrected chi connectivity index (χ2v) is 6.70. The molecule has 0 aromatic heterocycles. The lowest BCUT2D eigenvalue weighted by molar-refractivity contribution is 0.219. The van der Waals surface area contributed by atoms with E-state index >= 15 is 0 Å². The third kappa shape index (κ3) is 3.54. The maximum atomic E-state index is 9.05. The number of hydrogen-bond donors (Lipinski definition) is 0. The van der Waals surface area contributed by atoms with Crippen LogP contribution in [0, 0.1) is 17.9 Å². The van der Waals surface area contributed by atoms with E-state index in [1.165, 1.54) is 16.9 Å². The highest BCUT2D eigenvalue weighted by Gasteiger charge is 2.20. The Balaban J connectivity index is 1.55. The van der Waals surface area contributed by atoms with Crippen molar-refractivity contribution in [3.8, 4) is 6.07 Å². The largest absolute Gasteiger partial charge is 0.493 e. The van der Waals surface area contributed by atoms with Crippen LogP contribution in [0.4, 0.5) is 11.4 Å². The van der Waals surface area contributed by atoms with Gasteiger partial charge in [-0.3, -0.25) is 0 Å². The molecule has 0 bridgehead atoms. The van der Waals surface area contributed by atoms with E-state index in [-0.39, 0.29) is 5.70 Å². The summed E-state index contributed by atoms with van der Waals surface area (Å²) in [4.78, 5) is 5.64. The summed E-state index contributed by atoms with van der Waals surface area (Å²) in [7, 11) is 0. The third-order valence-corrected chi connectivity index (χ3v) is 4.99. The smallest absolute Gasteiger partial charge is 0.265 e. The molecule has 0 atom stereocenters. The Bertz CT molecular complexity index is 1050. The van der Waals surface area contributed by atoms with E-state index in [1.54, 1.807) is 6.08 Å². The fourth-order valence-electron chi connectivity index (χ4n) is 3.60. The first-order valence-corrected chi connectivity index (χ1v) is 9.27. The van der Waals surface area contributed by atoms with Gasteiger partial charge in [-0.1, -0.05) is 30.3 Å². The van der Waals surface area contributed by atoms with Gasteiger partial charge in [-0.15, -0.1) is 0 Å². The SMILES string of the molecule is [C-]#[N+]C(C#N)=C1C=C(C=Cc2ccc3c(c2)CCN3c2ccccc2)OCC1. The molecule has 0 spiro atoms. The number of rotatable bonds is 3. The van der Waals surface area contributed by atoms with Crippen LogP contribution in [0.2, 0.25) is 0 Å². The van der Waals surface area contributed by atoms with Crippen LogP contribution in [-0.4, -0.2) is 13.2 Å². The molecule has 4 rings (SSSR count). The summed E-state index contributed by atoms with van der Waals surface area (Å²) < 4.78 is 5.66. The van der Waals surface area contributed by atoms with Crippen LogP contribution in [0.1, 0.15) is 17.5 Å². The molecule has 2 aromatic carbocycles. The minimum atomic E-state index is 0.146. The molecule has 0 saturated carbocycles. The maximum Gasteiger partial charge on any atom is 0.265 e. The first-order valence-electron chi connectivity index (χ1n) is 9.27. The van der Waals surface area contributed by atoms with Crippen LogP contribution in [0.3, 0.4) is 0 Å². The molecule has 4 nitrogen and oxygen atoms in total. The molecule has 0 fully saturated rings. The molecule has 0 unspecified atom stereocenters. The first kappa shape index (κ1) is 17.6. The van der Waals surface area contributed by atoms with Crippen molar-refractivity contribution in [1.29, 1.82) is 5.26 Å². The highest BCUT2D eigenvalue weighted by atomic mass is 16.5. The highest BCUT2D eigenvalue weighted by Crippen LogP contribution is 2.35. The zero-order valence-electron chi connectivity index (χ0n) is 15.4. The lowest BCUT2D eigenvalue weighted by Crippen LogP contribution is -2.12. The molecule has 2 aliphatic heterocycles. The topological polar surface area (TPSA) is 40.6 Å². The number of allylic oxidation sites excluding steroid dienone is 3. The van der Waals surface area contributed by atoms with Crippen LogP contribution in [0.15, 0.2) is 77.7 Å². The van der Waals surface area contributed by atoms with Gasteiger partial charge in [0, 0.05) is 17.9 Å². The summed E-state index contributed by atoms with van der Waals surface area (Å²) in [6.45, 7) is 8.58. The van der Waals surface area contributed by atoms with Gasteiger partial charge in [-0.25, -0.2) is 10.1 Å². The second-order valence-electron chi connectivity index (χ2n) is 6.70. The fourth-order valence-corrected chi connectivity index (χ4v) is 3.60. The number of para-hydroxylation sites is 1. The quantitative estimate of drug-likeness (QED) is 0.540. The minimum Gasteiger partial charge on any atom is -0.493 e. The molecule has 0 saturated heterocycles. The van der Waals surface area contributed by atoms with Gasteiger partial charge >= 0.3 is 0 Å². The molecular formula is C24H19N3O. The molecule has 0 amide bonds. The van der Waals surface area contributed by atoms with Gasteiger partial charge in [0.2, 0.25) is 0 Å². The van der Waals surface area contributed by atoms with Gasteiger partial charge in [0.15, 0.2) is 0 Å². The monoisotopic (exact) mass is 365 g/mol. The molecule has 2 heterocycles. The zero-order chi connectivity index (χ0) is 19.3. The van der Waals surface area contributed by atoms with Gasteiger partial charge in [-0.2, -0.15) is 0 Å². The Hall–Kier alpha value is -3.76. The number of anilines is 2. The molecule has 0 aliphatic carbocycles. The summed E-state index contributed by atoms with van der Waals surface area (Å²) >= 11 is 0. The van der Waals surface area contributed by atoms with Crippen molar-refractivity contribution < 1.29 is 4.74 Å². The molecular weight excluding hydrogens is 346 g/mol. The van der Waals surface area contributed by atoms with Crippen molar-refractivity contribution >= 4 is 17.5 Å². The Kier molecular flexibility index (Phi) is 4.95. The van der Waals surface area contributed by atoms with Crippen LogP contribution in [0.5, 0.6) is 0 Å². The van der Waals surface area contributed by atoms with Crippen molar-refractivity contribution in [3.63, 3.8) is 0 Å². The van der Waals surface area contributed by atoms with Crippen molar-refractivity contribution in [1.82, 2.24) is 0 Å². The fraction of sp³-hybridized carbons (Fsp3) is 0.167. The molecule has 0 radical (unpaired) electrons. The van der Waals surface area contributed by atoms with Crippen LogP contribution < -0.4 is 4.90 Å². The molecule has 28 heavy (non-hydrogen) atoms.